The fourth-order valence-corrected chi connectivity index (χ4v) is 4.05. The lowest BCUT2D eigenvalue weighted by atomic mass is 10.0. The molecule has 0 aliphatic carbocycles. The number of halogens is 1. The van der Waals surface area contributed by atoms with Crippen LogP contribution in [0.5, 0.6) is 5.75 Å². The molecule has 0 fully saturated rings. The summed E-state index contributed by atoms with van der Waals surface area (Å²) in [7, 11) is 0. The van der Waals surface area contributed by atoms with E-state index >= 15 is 0 Å². The quantitative estimate of drug-likeness (QED) is 0.270. The third kappa shape index (κ3) is 9.04. The zero-order chi connectivity index (χ0) is 25.6. The van der Waals surface area contributed by atoms with Gasteiger partial charge >= 0.3 is 0 Å². The van der Waals surface area contributed by atoms with Gasteiger partial charge in [-0.25, -0.2) is 0 Å². The van der Waals surface area contributed by atoms with Crippen molar-refractivity contribution in [2.45, 2.75) is 51.6 Å². The molecular formula is C30H35ClN2O3. The lowest BCUT2D eigenvalue weighted by Crippen LogP contribution is -2.50. The molecule has 36 heavy (non-hydrogen) atoms. The van der Waals surface area contributed by atoms with Gasteiger partial charge in [0.05, 0.1) is 6.61 Å². The van der Waals surface area contributed by atoms with E-state index in [2.05, 4.69) is 12.2 Å². The molecule has 5 nitrogen and oxygen atoms in total. The molecule has 1 atom stereocenters. The lowest BCUT2D eigenvalue weighted by Gasteiger charge is -2.31. The zero-order valence-electron chi connectivity index (χ0n) is 20.9. The molecule has 3 aromatic carbocycles. The van der Waals surface area contributed by atoms with Crippen molar-refractivity contribution in [3.8, 4) is 5.75 Å². The third-order valence-corrected chi connectivity index (χ3v) is 6.17. The first-order valence-corrected chi connectivity index (χ1v) is 13.0. The lowest BCUT2D eigenvalue weighted by molar-refractivity contribution is -0.141. The molecule has 0 aliphatic heterocycles. The van der Waals surface area contributed by atoms with Crippen molar-refractivity contribution in [2.24, 2.45) is 0 Å². The van der Waals surface area contributed by atoms with E-state index in [0.717, 1.165) is 24.0 Å². The van der Waals surface area contributed by atoms with Crippen molar-refractivity contribution >= 4 is 23.4 Å². The Bertz CT molecular complexity index is 1060. The van der Waals surface area contributed by atoms with Crippen molar-refractivity contribution in [3.63, 3.8) is 0 Å². The van der Waals surface area contributed by atoms with E-state index in [1.807, 2.05) is 72.8 Å². The maximum atomic E-state index is 13.5. The van der Waals surface area contributed by atoms with Crippen LogP contribution < -0.4 is 10.1 Å². The minimum absolute atomic E-state index is 0.0647. The summed E-state index contributed by atoms with van der Waals surface area (Å²) >= 11 is 5.93. The topological polar surface area (TPSA) is 58.6 Å². The van der Waals surface area contributed by atoms with E-state index < -0.39 is 6.04 Å². The van der Waals surface area contributed by atoms with Crippen LogP contribution in [-0.4, -0.2) is 35.9 Å². The van der Waals surface area contributed by atoms with Crippen LogP contribution in [0.4, 0.5) is 0 Å². The predicted octanol–water partition coefficient (Wildman–Crippen LogP) is 6.06. The van der Waals surface area contributed by atoms with Crippen LogP contribution in [0.15, 0.2) is 84.9 Å². The number of nitrogens with one attached hydrogen (secondary N) is 1. The van der Waals surface area contributed by atoms with Crippen molar-refractivity contribution < 1.29 is 14.3 Å². The number of unbranched alkanes of at least 4 members (excludes halogenated alkanes) is 1. The number of hydrogen-bond acceptors (Lipinski definition) is 3. The van der Waals surface area contributed by atoms with Gasteiger partial charge in [0.15, 0.2) is 0 Å². The highest BCUT2D eigenvalue weighted by atomic mass is 35.5. The second-order valence-electron chi connectivity index (χ2n) is 8.76. The maximum Gasteiger partial charge on any atom is 0.243 e. The van der Waals surface area contributed by atoms with E-state index in [1.54, 1.807) is 17.0 Å². The number of ether oxygens (including phenoxy) is 1. The van der Waals surface area contributed by atoms with Gasteiger partial charge in [0.1, 0.15) is 11.8 Å². The van der Waals surface area contributed by atoms with Crippen LogP contribution in [0.25, 0.3) is 0 Å². The molecule has 6 heteroatoms. The Kier molecular flexibility index (Phi) is 11.3. The molecule has 0 unspecified atom stereocenters. The summed E-state index contributed by atoms with van der Waals surface area (Å²) in [4.78, 5) is 28.6. The zero-order valence-corrected chi connectivity index (χ0v) is 21.6. The Labute approximate surface area is 219 Å². The van der Waals surface area contributed by atoms with Crippen LogP contribution in [0.1, 0.15) is 43.7 Å². The van der Waals surface area contributed by atoms with Crippen molar-refractivity contribution in [1.29, 1.82) is 0 Å². The number of benzene rings is 3. The molecule has 1 N–H and O–H groups in total. The molecule has 0 bridgehead atoms. The second-order valence-corrected chi connectivity index (χ2v) is 9.20. The Morgan fingerprint density at radius 1 is 0.889 bits per heavy atom. The fraction of sp³-hybridized carbons (Fsp3) is 0.333. The largest absolute Gasteiger partial charge is 0.494 e. The molecule has 3 rings (SSSR count). The molecule has 0 radical (unpaired) electrons. The molecule has 0 saturated carbocycles. The van der Waals surface area contributed by atoms with Gasteiger partial charge in [-0.3, -0.25) is 9.59 Å². The minimum Gasteiger partial charge on any atom is -0.494 e. The first kappa shape index (κ1) is 27.3. The Balaban J connectivity index is 1.74. The third-order valence-electron chi connectivity index (χ3n) is 5.91. The number of nitrogens with zero attached hydrogens (tertiary/aromatic N) is 1. The molecule has 3 aromatic rings. The van der Waals surface area contributed by atoms with Crippen LogP contribution in [0.3, 0.4) is 0 Å². The molecule has 0 saturated heterocycles. The molecule has 190 valence electrons. The number of carbonyl (C=O) groups excluding carboxylic acids is 2. The van der Waals surface area contributed by atoms with Crippen molar-refractivity contribution in [3.05, 3.63) is 101 Å². The van der Waals surface area contributed by atoms with Gasteiger partial charge in [0.2, 0.25) is 11.8 Å². The molecule has 0 heterocycles. The molecule has 0 aliphatic rings. The molecular weight excluding hydrogens is 472 g/mol. The van der Waals surface area contributed by atoms with Crippen molar-refractivity contribution in [1.82, 2.24) is 10.2 Å². The molecule has 2 amide bonds. The normalized spacial score (nSPS) is 11.5. The minimum atomic E-state index is -0.603. The van der Waals surface area contributed by atoms with Gasteiger partial charge in [0, 0.05) is 31.0 Å². The summed E-state index contributed by atoms with van der Waals surface area (Å²) < 4.78 is 5.77. The van der Waals surface area contributed by atoms with E-state index in [-0.39, 0.29) is 18.2 Å². The maximum absolute atomic E-state index is 13.5. The van der Waals surface area contributed by atoms with Crippen LogP contribution >= 0.6 is 11.6 Å². The summed E-state index contributed by atoms with van der Waals surface area (Å²) in [5.41, 5.74) is 2.01. The summed E-state index contributed by atoms with van der Waals surface area (Å²) in [6.45, 7) is 3.46. The highest BCUT2D eigenvalue weighted by Gasteiger charge is 2.30. The highest BCUT2D eigenvalue weighted by molar-refractivity contribution is 6.30. The van der Waals surface area contributed by atoms with Gasteiger partial charge in [-0.1, -0.05) is 85.6 Å². The average Bonchev–Trinajstić information content (AvgIpc) is 2.91. The Hall–Kier alpha value is -3.31. The SMILES string of the molecule is CCCCNC(=O)[C@H](Cc1ccccc1)N(Cc1ccccc1)C(=O)CCCOc1ccc(Cl)cc1. The standard InChI is InChI=1S/C30H35ClN2O3/c1-2-3-20-32-30(35)28(22-24-11-6-4-7-12-24)33(23-25-13-8-5-9-14-25)29(34)15-10-21-36-27-18-16-26(31)17-19-27/h4-9,11-14,16-19,28H,2-3,10,15,20-23H2,1H3,(H,32,35)/t28-/m0/s1. The van der Waals surface area contributed by atoms with Crippen molar-refractivity contribution in [2.75, 3.05) is 13.2 Å². The smallest absolute Gasteiger partial charge is 0.243 e. The first-order chi connectivity index (χ1) is 17.6. The van der Waals surface area contributed by atoms with E-state index in [1.165, 1.54) is 0 Å². The monoisotopic (exact) mass is 506 g/mol. The predicted molar refractivity (Wildman–Crippen MR) is 145 cm³/mol. The van der Waals surface area contributed by atoms with Gasteiger partial charge in [-0.05, 0) is 48.2 Å². The number of carbonyl (C=O) groups is 2. The van der Waals surface area contributed by atoms with Gasteiger partial charge < -0.3 is 15.0 Å². The van der Waals surface area contributed by atoms with Gasteiger partial charge in [-0.15, -0.1) is 0 Å². The molecule has 0 spiro atoms. The van der Waals surface area contributed by atoms with E-state index in [0.29, 0.717) is 43.3 Å². The Morgan fingerprint density at radius 2 is 1.53 bits per heavy atom. The van der Waals surface area contributed by atoms with Gasteiger partial charge in [0.25, 0.3) is 0 Å². The first-order valence-electron chi connectivity index (χ1n) is 12.6. The number of rotatable bonds is 14. The average molecular weight is 507 g/mol. The van der Waals surface area contributed by atoms with E-state index in [4.69, 9.17) is 16.3 Å². The van der Waals surface area contributed by atoms with Crippen LogP contribution in [0, 0.1) is 0 Å². The molecule has 0 aromatic heterocycles. The summed E-state index contributed by atoms with van der Waals surface area (Å²) in [6, 6.07) is 26.2. The van der Waals surface area contributed by atoms with Crippen LogP contribution in [0.2, 0.25) is 5.02 Å². The highest BCUT2D eigenvalue weighted by Crippen LogP contribution is 2.18. The van der Waals surface area contributed by atoms with Crippen LogP contribution in [-0.2, 0) is 22.6 Å². The summed E-state index contributed by atoms with van der Waals surface area (Å²) in [5, 5.41) is 3.70. The number of amides is 2. The summed E-state index contributed by atoms with van der Waals surface area (Å²) in [5.74, 6) is 0.532. The van der Waals surface area contributed by atoms with Gasteiger partial charge in [-0.2, -0.15) is 0 Å². The van der Waals surface area contributed by atoms with E-state index in [9.17, 15) is 9.59 Å². The fourth-order valence-electron chi connectivity index (χ4n) is 3.93. The summed E-state index contributed by atoms with van der Waals surface area (Å²) in [6.07, 6.45) is 3.18. The number of hydrogen-bond donors (Lipinski definition) is 1. The Morgan fingerprint density at radius 3 is 2.17 bits per heavy atom. The second kappa shape index (κ2) is 14.9.